The molecule has 1 N–H and O–H groups in total. The Hall–Kier alpha value is -3.44. The zero-order valence-corrected chi connectivity index (χ0v) is 17.8. The number of aromatic amines is 1. The normalized spacial score (nSPS) is 14.7. The van der Waals surface area contributed by atoms with Gasteiger partial charge in [-0.05, 0) is 39.2 Å². The van der Waals surface area contributed by atoms with E-state index in [0.29, 0.717) is 11.1 Å². The fourth-order valence-corrected chi connectivity index (χ4v) is 4.64. The number of allylic oxidation sites excluding steroid dienone is 2. The number of rotatable bonds is 6. The average molecular weight is 412 g/mol. The van der Waals surface area contributed by atoms with Crippen LogP contribution in [0.1, 0.15) is 24.0 Å². The van der Waals surface area contributed by atoms with Crippen LogP contribution in [0.25, 0.3) is 33.0 Å². The first kappa shape index (κ1) is 19.5. The Balaban J connectivity index is 1.70. The second-order valence-electron chi connectivity index (χ2n) is 8.43. The number of aromatic nitrogens is 2. The highest BCUT2D eigenvalue weighted by Crippen LogP contribution is 2.41. The van der Waals surface area contributed by atoms with Crippen molar-refractivity contribution in [3.63, 3.8) is 0 Å². The van der Waals surface area contributed by atoms with Crippen molar-refractivity contribution in [3.8, 4) is 0 Å². The summed E-state index contributed by atoms with van der Waals surface area (Å²) in [6.45, 7) is 1.85. The van der Waals surface area contributed by atoms with Gasteiger partial charge in [-0.25, -0.2) is 0 Å². The summed E-state index contributed by atoms with van der Waals surface area (Å²) in [6, 6.07) is 16.0. The van der Waals surface area contributed by atoms with Crippen LogP contribution < -0.4 is 0 Å². The van der Waals surface area contributed by atoms with E-state index in [1.165, 1.54) is 0 Å². The quantitative estimate of drug-likeness (QED) is 0.475. The van der Waals surface area contributed by atoms with E-state index in [4.69, 9.17) is 0 Å². The summed E-state index contributed by atoms with van der Waals surface area (Å²) < 4.78 is 2.21. The van der Waals surface area contributed by atoms with E-state index in [-0.39, 0.29) is 18.0 Å². The van der Waals surface area contributed by atoms with Gasteiger partial charge in [0.05, 0.1) is 6.42 Å². The van der Waals surface area contributed by atoms with Crippen LogP contribution in [-0.4, -0.2) is 46.7 Å². The Morgan fingerprint density at radius 2 is 1.58 bits per heavy atom. The third kappa shape index (κ3) is 3.31. The number of H-pyrrole nitrogens is 1. The summed E-state index contributed by atoms with van der Waals surface area (Å²) in [5, 5.41) is 1.98. The molecule has 0 aliphatic heterocycles. The van der Waals surface area contributed by atoms with Crippen LogP contribution in [0.5, 0.6) is 0 Å². The molecular weight excluding hydrogens is 386 g/mol. The summed E-state index contributed by atoms with van der Waals surface area (Å²) in [5.74, 6) is -0.198. The number of nitrogens with one attached hydrogen (secondary N) is 1. The van der Waals surface area contributed by atoms with Crippen molar-refractivity contribution < 1.29 is 9.59 Å². The van der Waals surface area contributed by atoms with Gasteiger partial charge in [0.15, 0.2) is 11.6 Å². The lowest BCUT2D eigenvalue weighted by molar-refractivity contribution is -0.119. The van der Waals surface area contributed by atoms with Crippen molar-refractivity contribution in [1.82, 2.24) is 14.5 Å². The zero-order valence-electron chi connectivity index (χ0n) is 17.8. The molecule has 4 aromatic rings. The third-order valence-electron chi connectivity index (χ3n) is 6.05. The van der Waals surface area contributed by atoms with Crippen LogP contribution in [0.2, 0.25) is 0 Å². The van der Waals surface area contributed by atoms with Gasteiger partial charge in [0.1, 0.15) is 0 Å². The largest absolute Gasteiger partial charge is 0.361 e. The highest BCUT2D eigenvalue weighted by Gasteiger charge is 2.35. The fourth-order valence-electron chi connectivity index (χ4n) is 4.64. The van der Waals surface area contributed by atoms with Crippen LogP contribution in [0.4, 0.5) is 0 Å². The molecule has 2 aromatic carbocycles. The molecule has 5 heteroatoms. The van der Waals surface area contributed by atoms with E-state index in [9.17, 15) is 9.59 Å². The molecule has 156 valence electrons. The molecule has 2 heterocycles. The second-order valence-corrected chi connectivity index (χ2v) is 8.43. The summed E-state index contributed by atoms with van der Waals surface area (Å²) >= 11 is 0. The molecule has 0 saturated heterocycles. The minimum Gasteiger partial charge on any atom is -0.361 e. The van der Waals surface area contributed by atoms with Crippen molar-refractivity contribution in [2.45, 2.75) is 19.4 Å². The molecule has 0 spiro atoms. The maximum atomic E-state index is 13.1. The lowest BCUT2D eigenvalue weighted by Gasteiger charge is -2.10. The molecule has 0 radical (unpaired) electrons. The SMILES string of the molecule is CN(C)CCCn1cc(C2=C(c3c[nH]c4ccccc34)C(=O)CC2=O)c2ccccc21. The molecule has 0 bridgehead atoms. The number of nitrogens with zero attached hydrogens (tertiary/aromatic N) is 2. The summed E-state index contributed by atoms with van der Waals surface area (Å²) in [5.41, 5.74) is 4.82. The predicted octanol–water partition coefficient (Wildman–Crippen LogP) is 4.53. The Morgan fingerprint density at radius 1 is 0.903 bits per heavy atom. The van der Waals surface area contributed by atoms with Gasteiger partial charge in [0.2, 0.25) is 0 Å². The van der Waals surface area contributed by atoms with Crippen LogP contribution in [0.3, 0.4) is 0 Å². The lowest BCUT2D eigenvalue weighted by Crippen LogP contribution is -2.14. The monoisotopic (exact) mass is 411 g/mol. The summed E-state index contributed by atoms with van der Waals surface area (Å²) in [7, 11) is 4.14. The van der Waals surface area contributed by atoms with E-state index in [0.717, 1.165) is 52.4 Å². The first-order valence-corrected chi connectivity index (χ1v) is 10.6. The minimum absolute atomic E-state index is 0.0652. The number of benzene rings is 2. The van der Waals surface area contributed by atoms with Crippen LogP contribution in [0.15, 0.2) is 60.9 Å². The van der Waals surface area contributed by atoms with Crippen LogP contribution in [-0.2, 0) is 16.1 Å². The number of para-hydroxylation sites is 2. The van der Waals surface area contributed by atoms with E-state index < -0.39 is 0 Å². The fraction of sp³-hybridized carbons (Fsp3) is 0.231. The number of Topliss-reactive ketones (excluding diaryl/α,β-unsaturated/α-hetero) is 2. The van der Waals surface area contributed by atoms with Gasteiger partial charge in [-0.15, -0.1) is 0 Å². The topological polar surface area (TPSA) is 58.1 Å². The van der Waals surface area contributed by atoms with Crippen molar-refractivity contribution in [2.24, 2.45) is 0 Å². The number of hydrogen-bond acceptors (Lipinski definition) is 3. The predicted molar refractivity (Wildman–Crippen MR) is 125 cm³/mol. The molecule has 0 unspecified atom stereocenters. The van der Waals surface area contributed by atoms with Crippen molar-refractivity contribution >= 4 is 44.5 Å². The maximum absolute atomic E-state index is 13.1. The van der Waals surface area contributed by atoms with E-state index >= 15 is 0 Å². The molecular formula is C26H25N3O2. The minimum atomic E-state index is -0.103. The molecule has 0 saturated carbocycles. The van der Waals surface area contributed by atoms with E-state index in [1.54, 1.807) is 0 Å². The molecule has 31 heavy (non-hydrogen) atoms. The number of fused-ring (bicyclic) bond motifs is 2. The molecule has 2 aromatic heterocycles. The van der Waals surface area contributed by atoms with Crippen molar-refractivity contribution in [1.29, 1.82) is 0 Å². The Kier molecular flexibility index (Phi) is 4.83. The van der Waals surface area contributed by atoms with Crippen LogP contribution in [0, 0.1) is 0 Å². The van der Waals surface area contributed by atoms with Crippen molar-refractivity contribution in [2.75, 3.05) is 20.6 Å². The highest BCUT2D eigenvalue weighted by molar-refractivity contribution is 6.52. The Bertz CT molecular complexity index is 1350. The first-order chi connectivity index (χ1) is 15.0. The smallest absolute Gasteiger partial charge is 0.172 e. The van der Waals surface area contributed by atoms with Gasteiger partial charge in [-0.1, -0.05) is 36.4 Å². The number of carbonyl (C=O) groups excluding carboxylic acids is 2. The average Bonchev–Trinajstić information content (AvgIpc) is 3.41. The summed E-state index contributed by atoms with van der Waals surface area (Å²) in [6.07, 6.45) is 4.85. The van der Waals surface area contributed by atoms with E-state index in [1.807, 2.05) is 48.7 Å². The molecule has 0 atom stereocenters. The number of carbonyl (C=O) groups is 2. The number of aryl methyl sites for hydroxylation is 1. The summed E-state index contributed by atoms with van der Waals surface area (Å²) in [4.78, 5) is 31.5. The van der Waals surface area contributed by atoms with Gasteiger partial charge in [0.25, 0.3) is 0 Å². The maximum Gasteiger partial charge on any atom is 0.172 e. The number of ketones is 2. The Morgan fingerprint density at radius 3 is 2.35 bits per heavy atom. The van der Waals surface area contributed by atoms with Gasteiger partial charge in [-0.3, -0.25) is 9.59 Å². The first-order valence-electron chi connectivity index (χ1n) is 10.6. The highest BCUT2D eigenvalue weighted by atomic mass is 16.2. The molecule has 1 aliphatic rings. The zero-order chi connectivity index (χ0) is 21.5. The van der Waals surface area contributed by atoms with Crippen molar-refractivity contribution in [3.05, 3.63) is 72.1 Å². The molecule has 1 aliphatic carbocycles. The third-order valence-corrected chi connectivity index (χ3v) is 6.05. The number of hydrogen-bond donors (Lipinski definition) is 1. The lowest BCUT2D eigenvalue weighted by atomic mass is 9.95. The molecule has 0 fully saturated rings. The molecule has 5 rings (SSSR count). The van der Waals surface area contributed by atoms with Gasteiger partial charge < -0.3 is 14.5 Å². The molecule has 5 nitrogen and oxygen atoms in total. The second kappa shape index (κ2) is 7.67. The van der Waals surface area contributed by atoms with E-state index in [2.05, 4.69) is 40.8 Å². The van der Waals surface area contributed by atoms with Gasteiger partial charge in [-0.2, -0.15) is 0 Å². The standard InChI is InChI=1S/C26H25N3O2/c1-28(2)12-7-13-29-16-20(18-9-4-6-11-22(18)29)26-24(31)14-23(30)25(26)19-15-27-21-10-5-3-8-17(19)21/h3-6,8-11,15-16,27H,7,12-14H2,1-2H3. The Labute approximate surface area is 181 Å². The van der Waals surface area contributed by atoms with Crippen LogP contribution >= 0.6 is 0 Å². The van der Waals surface area contributed by atoms with Gasteiger partial charge in [0, 0.05) is 63.0 Å². The van der Waals surface area contributed by atoms with Gasteiger partial charge >= 0.3 is 0 Å². The molecule has 0 amide bonds.